The maximum atomic E-state index is 12.4. The van der Waals surface area contributed by atoms with E-state index in [0.717, 1.165) is 24.1 Å². The molecule has 0 unspecified atom stereocenters. The van der Waals surface area contributed by atoms with Crippen molar-refractivity contribution >= 4 is 5.91 Å². The average Bonchev–Trinajstić information content (AvgIpc) is 3.04. The lowest BCUT2D eigenvalue weighted by molar-refractivity contribution is 0.0949. The number of nitrogens with one attached hydrogen (secondary N) is 2. The summed E-state index contributed by atoms with van der Waals surface area (Å²) in [6.07, 6.45) is 11.2. The summed E-state index contributed by atoms with van der Waals surface area (Å²) in [6.45, 7) is 0.511. The topological polar surface area (TPSA) is 70.7 Å². The van der Waals surface area contributed by atoms with E-state index in [2.05, 4.69) is 20.5 Å². The van der Waals surface area contributed by atoms with Crippen LogP contribution in [0.4, 0.5) is 0 Å². The van der Waals surface area contributed by atoms with E-state index in [1.54, 1.807) is 18.6 Å². The van der Waals surface area contributed by atoms with Crippen LogP contribution in [-0.4, -0.2) is 21.1 Å². The molecule has 3 rings (SSSR count). The largest absolute Gasteiger partial charge is 0.348 e. The number of hydrogen-bond donors (Lipinski definition) is 2. The molecule has 0 bridgehead atoms. The Morgan fingerprint density at radius 3 is 2.76 bits per heavy atom. The van der Waals surface area contributed by atoms with Crippen LogP contribution in [0.1, 0.15) is 59.6 Å². The molecular weight excluding hydrogens is 264 g/mol. The Morgan fingerprint density at radius 2 is 2.00 bits per heavy atom. The molecule has 21 heavy (non-hydrogen) atoms. The zero-order chi connectivity index (χ0) is 14.5. The van der Waals surface area contributed by atoms with Gasteiger partial charge in [-0.15, -0.1) is 0 Å². The predicted octanol–water partition coefficient (Wildman–Crippen LogP) is 2.78. The van der Waals surface area contributed by atoms with Crippen molar-refractivity contribution in [1.82, 2.24) is 20.5 Å². The van der Waals surface area contributed by atoms with E-state index in [9.17, 15) is 4.79 Å². The first-order chi connectivity index (χ1) is 10.3. The lowest BCUT2D eigenvalue weighted by atomic mass is 9.85. The molecule has 2 N–H and O–H groups in total. The van der Waals surface area contributed by atoms with Crippen molar-refractivity contribution in [1.29, 1.82) is 0 Å². The number of rotatable bonds is 4. The Hall–Kier alpha value is -2.17. The van der Waals surface area contributed by atoms with Crippen LogP contribution in [0.3, 0.4) is 0 Å². The van der Waals surface area contributed by atoms with Gasteiger partial charge in [0, 0.05) is 24.9 Å². The van der Waals surface area contributed by atoms with Crippen LogP contribution in [0.15, 0.2) is 30.7 Å². The smallest absolute Gasteiger partial charge is 0.255 e. The SMILES string of the molecule is O=C(NCc1ccncc1)c1cn[nH]c1C1CCCCC1. The highest BCUT2D eigenvalue weighted by Gasteiger charge is 2.23. The van der Waals surface area contributed by atoms with E-state index in [4.69, 9.17) is 0 Å². The maximum Gasteiger partial charge on any atom is 0.255 e. The van der Waals surface area contributed by atoms with Gasteiger partial charge in [-0.05, 0) is 30.5 Å². The minimum Gasteiger partial charge on any atom is -0.348 e. The van der Waals surface area contributed by atoms with Gasteiger partial charge < -0.3 is 5.32 Å². The van der Waals surface area contributed by atoms with Crippen molar-refractivity contribution in [2.75, 3.05) is 0 Å². The van der Waals surface area contributed by atoms with E-state index < -0.39 is 0 Å². The van der Waals surface area contributed by atoms with E-state index in [1.165, 1.54) is 19.3 Å². The van der Waals surface area contributed by atoms with Crippen molar-refractivity contribution in [2.24, 2.45) is 0 Å². The summed E-state index contributed by atoms with van der Waals surface area (Å²) in [6, 6.07) is 3.80. The average molecular weight is 284 g/mol. The number of carbonyl (C=O) groups is 1. The second kappa shape index (κ2) is 6.52. The van der Waals surface area contributed by atoms with Gasteiger partial charge in [0.2, 0.25) is 0 Å². The highest BCUT2D eigenvalue weighted by molar-refractivity contribution is 5.95. The molecular formula is C16H20N4O. The van der Waals surface area contributed by atoms with Gasteiger partial charge in [0.1, 0.15) is 0 Å². The van der Waals surface area contributed by atoms with Crippen molar-refractivity contribution in [3.63, 3.8) is 0 Å². The van der Waals surface area contributed by atoms with Crippen molar-refractivity contribution in [3.05, 3.63) is 47.5 Å². The third kappa shape index (κ3) is 3.29. The van der Waals surface area contributed by atoms with Crippen LogP contribution in [0.2, 0.25) is 0 Å². The highest BCUT2D eigenvalue weighted by Crippen LogP contribution is 2.33. The lowest BCUT2D eigenvalue weighted by Crippen LogP contribution is -2.24. The lowest BCUT2D eigenvalue weighted by Gasteiger charge is -2.21. The zero-order valence-corrected chi connectivity index (χ0v) is 12.0. The van der Waals surface area contributed by atoms with Crippen LogP contribution >= 0.6 is 0 Å². The number of aromatic nitrogens is 3. The molecule has 1 aliphatic carbocycles. The molecule has 1 amide bonds. The van der Waals surface area contributed by atoms with Crippen LogP contribution in [0.5, 0.6) is 0 Å². The first kappa shape index (κ1) is 13.8. The summed E-state index contributed by atoms with van der Waals surface area (Å²) in [5.74, 6) is 0.393. The van der Waals surface area contributed by atoms with Crippen LogP contribution in [0.25, 0.3) is 0 Å². The molecule has 110 valence electrons. The first-order valence-electron chi connectivity index (χ1n) is 7.55. The Kier molecular flexibility index (Phi) is 4.28. The summed E-state index contributed by atoms with van der Waals surface area (Å²) in [5, 5.41) is 10.1. The summed E-state index contributed by atoms with van der Waals surface area (Å²) >= 11 is 0. The minimum absolute atomic E-state index is 0.0545. The molecule has 5 nitrogen and oxygen atoms in total. The third-order valence-corrected chi connectivity index (χ3v) is 4.13. The van der Waals surface area contributed by atoms with Gasteiger partial charge in [-0.3, -0.25) is 14.9 Å². The summed E-state index contributed by atoms with van der Waals surface area (Å²) in [4.78, 5) is 16.3. The van der Waals surface area contributed by atoms with Gasteiger partial charge in [0.05, 0.1) is 17.5 Å². The van der Waals surface area contributed by atoms with Crippen LogP contribution in [-0.2, 0) is 6.54 Å². The molecule has 1 saturated carbocycles. The number of carbonyl (C=O) groups excluding carboxylic acids is 1. The molecule has 2 heterocycles. The highest BCUT2D eigenvalue weighted by atomic mass is 16.1. The van der Waals surface area contributed by atoms with Gasteiger partial charge in [0.15, 0.2) is 0 Å². The second-order valence-electron chi connectivity index (χ2n) is 5.57. The van der Waals surface area contributed by atoms with Crippen molar-refractivity contribution < 1.29 is 4.79 Å². The third-order valence-electron chi connectivity index (χ3n) is 4.13. The quantitative estimate of drug-likeness (QED) is 0.907. The predicted molar refractivity (Wildman–Crippen MR) is 79.8 cm³/mol. The molecule has 0 saturated heterocycles. The Bertz CT molecular complexity index is 587. The molecule has 2 aromatic heterocycles. The monoisotopic (exact) mass is 284 g/mol. The number of aromatic amines is 1. The fourth-order valence-electron chi connectivity index (χ4n) is 2.96. The summed E-state index contributed by atoms with van der Waals surface area (Å²) in [5.41, 5.74) is 2.74. The van der Waals surface area contributed by atoms with Crippen LogP contribution in [0, 0.1) is 0 Å². The van der Waals surface area contributed by atoms with Gasteiger partial charge >= 0.3 is 0 Å². The fourth-order valence-corrected chi connectivity index (χ4v) is 2.96. The normalized spacial score (nSPS) is 15.8. The van der Waals surface area contributed by atoms with E-state index in [-0.39, 0.29) is 5.91 Å². The standard InChI is InChI=1S/C16H20N4O/c21-16(18-10-12-6-8-17-9-7-12)14-11-19-20-15(14)13-4-2-1-3-5-13/h6-9,11,13H,1-5,10H2,(H,18,21)(H,19,20). The Labute approximate surface area is 124 Å². The molecule has 0 spiro atoms. The molecule has 0 radical (unpaired) electrons. The summed E-state index contributed by atoms with van der Waals surface area (Å²) < 4.78 is 0. The van der Waals surface area contributed by atoms with Gasteiger partial charge in [0.25, 0.3) is 5.91 Å². The molecule has 1 aliphatic rings. The minimum atomic E-state index is -0.0545. The van der Waals surface area contributed by atoms with E-state index in [1.807, 2.05) is 12.1 Å². The van der Waals surface area contributed by atoms with Gasteiger partial charge in [-0.2, -0.15) is 5.10 Å². The number of H-pyrrole nitrogens is 1. The zero-order valence-electron chi connectivity index (χ0n) is 12.0. The summed E-state index contributed by atoms with van der Waals surface area (Å²) in [7, 11) is 0. The molecule has 0 atom stereocenters. The van der Waals surface area contributed by atoms with Gasteiger partial charge in [-0.1, -0.05) is 19.3 Å². The first-order valence-corrected chi connectivity index (χ1v) is 7.55. The molecule has 0 aliphatic heterocycles. The number of hydrogen-bond acceptors (Lipinski definition) is 3. The Morgan fingerprint density at radius 1 is 1.24 bits per heavy atom. The molecule has 5 heteroatoms. The van der Waals surface area contributed by atoms with Crippen molar-refractivity contribution in [2.45, 2.75) is 44.6 Å². The van der Waals surface area contributed by atoms with Gasteiger partial charge in [-0.25, -0.2) is 0 Å². The van der Waals surface area contributed by atoms with Crippen molar-refractivity contribution in [3.8, 4) is 0 Å². The van der Waals surface area contributed by atoms with E-state index >= 15 is 0 Å². The molecule has 0 aromatic carbocycles. The van der Waals surface area contributed by atoms with E-state index in [0.29, 0.717) is 18.0 Å². The fraction of sp³-hybridized carbons (Fsp3) is 0.438. The molecule has 2 aromatic rings. The van der Waals surface area contributed by atoms with Crippen LogP contribution < -0.4 is 5.32 Å². The number of nitrogens with zero attached hydrogens (tertiary/aromatic N) is 2. The second-order valence-corrected chi connectivity index (χ2v) is 5.57. The Balaban J connectivity index is 1.66. The number of amides is 1. The number of pyridine rings is 1. The molecule has 1 fully saturated rings. The maximum absolute atomic E-state index is 12.4.